The molecule has 3 rings (SSSR count). The molecular weight excluding hydrogens is 342 g/mol. The molecule has 1 aromatic carbocycles. The van der Waals surface area contributed by atoms with Gasteiger partial charge in [0.05, 0.1) is 18.1 Å². The van der Waals surface area contributed by atoms with Gasteiger partial charge in [0.25, 0.3) is 5.89 Å². The van der Waals surface area contributed by atoms with Crippen molar-refractivity contribution in [3.63, 3.8) is 0 Å². The fraction of sp³-hybridized carbons (Fsp3) is 0.294. The number of hydrogen-bond donors (Lipinski definition) is 0. The molecule has 0 saturated heterocycles. The average Bonchev–Trinajstić information content (AvgIpc) is 3.22. The Labute approximate surface area is 148 Å². The molecule has 0 bridgehead atoms. The third-order valence-corrected chi connectivity index (χ3v) is 4.23. The Kier molecular flexibility index (Phi) is 5.49. The summed E-state index contributed by atoms with van der Waals surface area (Å²) in [6.45, 7) is 3.95. The number of hydrogen-bond acceptors (Lipinski definition) is 8. The molecule has 7 nitrogen and oxygen atoms in total. The summed E-state index contributed by atoms with van der Waals surface area (Å²) in [5.74, 6) is 1.80. The van der Waals surface area contributed by atoms with E-state index in [1.54, 1.807) is 13.8 Å². The summed E-state index contributed by atoms with van der Waals surface area (Å²) in [6, 6.07) is 9.66. The molecule has 8 heteroatoms. The third kappa shape index (κ3) is 4.08. The molecule has 130 valence electrons. The van der Waals surface area contributed by atoms with Gasteiger partial charge in [0.15, 0.2) is 0 Å². The number of esters is 1. The first kappa shape index (κ1) is 17.2. The Morgan fingerprint density at radius 3 is 2.80 bits per heavy atom. The van der Waals surface area contributed by atoms with Crippen LogP contribution < -0.4 is 0 Å². The molecule has 0 aliphatic heterocycles. The van der Waals surface area contributed by atoms with Crippen molar-refractivity contribution in [2.24, 2.45) is 0 Å². The number of ether oxygens (including phenoxy) is 1. The largest absolute Gasteiger partial charge is 0.465 e. The van der Waals surface area contributed by atoms with E-state index in [2.05, 4.69) is 15.4 Å². The van der Waals surface area contributed by atoms with Gasteiger partial charge in [-0.05, 0) is 13.8 Å². The number of aromatic nitrogens is 3. The predicted octanol–water partition coefficient (Wildman–Crippen LogP) is 3.50. The van der Waals surface area contributed by atoms with E-state index in [9.17, 15) is 4.79 Å². The Bertz CT molecular complexity index is 845. The van der Waals surface area contributed by atoms with Gasteiger partial charge in [-0.1, -0.05) is 35.5 Å². The highest BCUT2D eigenvalue weighted by molar-refractivity contribution is 7.99. The van der Waals surface area contributed by atoms with Crippen molar-refractivity contribution in [1.29, 1.82) is 0 Å². The van der Waals surface area contributed by atoms with Crippen molar-refractivity contribution >= 4 is 17.7 Å². The summed E-state index contributed by atoms with van der Waals surface area (Å²) in [5.41, 5.74) is 2.25. The van der Waals surface area contributed by atoms with Crippen LogP contribution in [-0.4, -0.2) is 33.7 Å². The summed E-state index contributed by atoms with van der Waals surface area (Å²) in [4.78, 5) is 11.3. The molecule has 0 fully saturated rings. The minimum atomic E-state index is -0.256. The normalized spacial score (nSPS) is 10.8. The van der Waals surface area contributed by atoms with Gasteiger partial charge in [-0.15, -0.1) is 22.0 Å². The van der Waals surface area contributed by atoms with E-state index in [0.29, 0.717) is 41.2 Å². The van der Waals surface area contributed by atoms with E-state index < -0.39 is 0 Å². The lowest BCUT2D eigenvalue weighted by atomic mass is 10.1. The van der Waals surface area contributed by atoms with Gasteiger partial charge in [0, 0.05) is 5.56 Å². The van der Waals surface area contributed by atoms with E-state index >= 15 is 0 Å². The highest BCUT2D eigenvalue weighted by Crippen LogP contribution is 2.33. The van der Waals surface area contributed by atoms with Crippen LogP contribution in [0.5, 0.6) is 0 Å². The molecule has 0 amide bonds. The summed E-state index contributed by atoms with van der Waals surface area (Å²) >= 11 is 1.36. The summed E-state index contributed by atoms with van der Waals surface area (Å²) in [5, 5.41) is 12.2. The van der Waals surface area contributed by atoms with Gasteiger partial charge in [-0.3, -0.25) is 4.79 Å². The van der Waals surface area contributed by atoms with Crippen molar-refractivity contribution in [3.05, 3.63) is 42.0 Å². The van der Waals surface area contributed by atoms with Crippen LogP contribution in [0, 0.1) is 6.92 Å². The standard InChI is InChI=1S/C17H17N3O4S/c1-3-22-14(21)10-25-9-13-18-19-17(23-13)15-11(2)24-20-16(15)12-7-5-4-6-8-12/h4-8H,3,9-10H2,1-2H3. The molecule has 0 radical (unpaired) electrons. The molecular formula is C17H17N3O4S. The number of rotatable bonds is 7. The van der Waals surface area contributed by atoms with Crippen LogP contribution >= 0.6 is 11.8 Å². The highest BCUT2D eigenvalue weighted by atomic mass is 32.2. The predicted molar refractivity (Wildman–Crippen MR) is 92.8 cm³/mol. The fourth-order valence-corrected chi connectivity index (χ4v) is 2.90. The number of carbonyl (C=O) groups excluding carboxylic acids is 1. The second-order valence-electron chi connectivity index (χ2n) is 5.13. The second kappa shape index (κ2) is 7.98. The maximum atomic E-state index is 11.3. The van der Waals surface area contributed by atoms with Crippen molar-refractivity contribution < 1.29 is 18.5 Å². The second-order valence-corrected chi connectivity index (χ2v) is 6.11. The molecule has 3 aromatic rings. The van der Waals surface area contributed by atoms with Gasteiger partial charge >= 0.3 is 5.97 Å². The SMILES string of the molecule is CCOC(=O)CSCc1nnc(-c2c(-c3ccccc3)noc2C)o1. The molecule has 0 spiro atoms. The first-order valence-electron chi connectivity index (χ1n) is 7.76. The quantitative estimate of drug-likeness (QED) is 0.592. The van der Waals surface area contributed by atoms with Gasteiger partial charge < -0.3 is 13.7 Å². The van der Waals surface area contributed by atoms with E-state index in [4.69, 9.17) is 13.7 Å². The maximum absolute atomic E-state index is 11.3. The van der Waals surface area contributed by atoms with Crippen LogP contribution in [0.2, 0.25) is 0 Å². The number of benzene rings is 1. The third-order valence-electron chi connectivity index (χ3n) is 3.34. The van der Waals surface area contributed by atoms with Crippen LogP contribution in [0.1, 0.15) is 18.6 Å². The van der Waals surface area contributed by atoms with Crippen molar-refractivity contribution in [2.45, 2.75) is 19.6 Å². The number of carbonyl (C=O) groups is 1. The average molecular weight is 359 g/mol. The van der Waals surface area contributed by atoms with E-state index in [0.717, 1.165) is 5.56 Å². The Hall–Kier alpha value is -2.61. The molecule has 2 aromatic heterocycles. The van der Waals surface area contributed by atoms with E-state index in [1.165, 1.54) is 11.8 Å². The first-order valence-corrected chi connectivity index (χ1v) is 8.92. The van der Waals surface area contributed by atoms with Crippen molar-refractivity contribution in [3.8, 4) is 22.7 Å². The molecule has 0 aliphatic carbocycles. The lowest BCUT2D eigenvalue weighted by Gasteiger charge is -1.99. The zero-order valence-corrected chi connectivity index (χ0v) is 14.7. The first-order chi connectivity index (χ1) is 12.2. The Morgan fingerprint density at radius 1 is 1.24 bits per heavy atom. The lowest BCUT2D eigenvalue weighted by Crippen LogP contribution is -2.06. The van der Waals surface area contributed by atoms with Crippen molar-refractivity contribution in [2.75, 3.05) is 12.4 Å². The minimum absolute atomic E-state index is 0.243. The van der Waals surface area contributed by atoms with Crippen LogP contribution in [0.15, 0.2) is 39.3 Å². The van der Waals surface area contributed by atoms with Gasteiger partial charge in [0.1, 0.15) is 17.0 Å². The molecule has 0 atom stereocenters. The zero-order valence-electron chi connectivity index (χ0n) is 13.9. The Morgan fingerprint density at radius 2 is 2.04 bits per heavy atom. The maximum Gasteiger partial charge on any atom is 0.315 e. The topological polar surface area (TPSA) is 91.2 Å². The minimum Gasteiger partial charge on any atom is -0.465 e. The van der Waals surface area contributed by atoms with Crippen LogP contribution in [0.25, 0.3) is 22.7 Å². The summed E-state index contributed by atoms with van der Waals surface area (Å²) in [6.07, 6.45) is 0. The number of thioether (sulfide) groups is 1. The molecule has 25 heavy (non-hydrogen) atoms. The molecule has 0 saturated carbocycles. The van der Waals surface area contributed by atoms with Crippen LogP contribution in [0.4, 0.5) is 0 Å². The molecule has 0 unspecified atom stereocenters. The Balaban J connectivity index is 1.75. The molecule has 2 heterocycles. The van der Waals surface area contributed by atoms with Gasteiger partial charge in [-0.25, -0.2) is 0 Å². The monoisotopic (exact) mass is 359 g/mol. The molecule has 0 aliphatic rings. The zero-order chi connectivity index (χ0) is 17.6. The van der Waals surface area contributed by atoms with Gasteiger partial charge in [0.2, 0.25) is 5.89 Å². The summed E-state index contributed by atoms with van der Waals surface area (Å²) < 4.78 is 15.9. The number of aryl methyl sites for hydroxylation is 1. The highest BCUT2D eigenvalue weighted by Gasteiger charge is 2.21. The van der Waals surface area contributed by atoms with Crippen LogP contribution in [-0.2, 0) is 15.3 Å². The smallest absolute Gasteiger partial charge is 0.315 e. The van der Waals surface area contributed by atoms with Crippen molar-refractivity contribution in [1.82, 2.24) is 15.4 Å². The van der Waals surface area contributed by atoms with E-state index in [1.807, 2.05) is 30.3 Å². The fourth-order valence-electron chi connectivity index (χ4n) is 2.25. The molecule has 0 N–H and O–H groups in total. The summed E-state index contributed by atoms with van der Waals surface area (Å²) in [7, 11) is 0. The number of nitrogens with zero attached hydrogens (tertiary/aromatic N) is 3. The van der Waals surface area contributed by atoms with Crippen LogP contribution in [0.3, 0.4) is 0 Å². The lowest BCUT2D eigenvalue weighted by molar-refractivity contribution is -0.139. The van der Waals surface area contributed by atoms with E-state index in [-0.39, 0.29) is 11.7 Å². The van der Waals surface area contributed by atoms with Gasteiger partial charge in [-0.2, -0.15) is 0 Å².